The van der Waals surface area contributed by atoms with E-state index in [-0.39, 0.29) is 25.3 Å². The molecule has 2 N–H and O–H groups in total. The van der Waals surface area contributed by atoms with Gasteiger partial charge >= 0.3 is 0 Å². The quantitative estimate of drug-likeness (QED) is 0.477. The average Bonchev–Trinajstić information content (AvgIpc) is 2.93. The average molecular weight is 518 g/mol. The molecule has 2 fully saturated rings. The third-order valence-electron chi connectivity index (χ3n) is 6.86. The summed E-state index contributed by atoms with van der Waals surface area (Å²) in [6.45, 7) is 3.40. The molecule has 9 nitrogen and oxygen atoms in total. The third kappa shape index (κ3) is 7.04. The van der Waals surface area contributed by atoms with Gasteiger partial charge in [0.05, 0.1) is 45.3 Å². The molecule has 3 heterocycles. The zero-order valence-electron chi connectivity index (χ0n) is 23.5. The van der Waals surface area contributed by atoms with Gasteiger partial charge in [-0.1, -0.05) is 11.6 Å². The Labute approximate surface area is 222 Å². The Hall–Kier alpha value is -2.51. The molecule has 2 aromatic rings. The van der Waals surface area contributed by atoms with Gasteiger partial charge in [-0.2, -0.15) is 5.26 Å². The Morgan fingerprint density at radius 1 is 1.25 bits per heavy atom. The fraction of sp³-hybridized carbons (Fsp3) is 0.615. The second-order valence-electron chi connectivity index (χ2n) is 9.66. The number of aromatic nitrogens is 3. The predicted octanol–water partition coefficient (Wildman–Crippen LogP) is 4.24. The minimum absolute atomic E-state index is 0.0385. The second-order valence-corrected chi connectivity index (χ2v) is 10.1. The van der Waals surface area contributed by atoms with Gasteiger partial charge in [-0.25, -0.2) is 9.97 Å². The Morgan fingerprint density at radius 3 is 2.78 bits per heavy atom. The normalized spacial score (nSPS) is 24.0. The molecule has 1 saturated carbocycles. The highest BCUT2D eigenvalue weighted by Crippen LogP contribution is 2.32. The van der Waals surface area contributed by atoms with E-state index in [2.05, 4.69) is 31.7 Å². The smallest absolute Gasteiger partial charge is 0.232 e. The molecule has 0 unspecified atom stereocenters. The molecule has 0 bridgehead atoms. The van der Waals surface area contributed by atoms with E-state index < -0.39 is 12.5 Å². The van der Waals surface area contributed by atoms with Crippen LogP contribution >= 0.6 is 11.6 Å². The molecule has 2 aliphatic rings. The molecule has 194 valence electrons. The first-order valence-corrected chi connectivity index (χ1v) is 12.8. The SMILES string of the molecule is [2H]C([2H])([2H])OC[C@@H](C)N[C@H]1CC[C@H](Nc2cc(-c3cncc(OCC4(C#N)CCOCC4)n3)c(Cl)cn2)CC1. The van der Waals surface area contributed by atoms with Gasteiger partial charge in [-0.05, 0) is 51.5 Å². The summed E-state index contributed by atoms with van der Waals surface area (Å²) in [5, 5.41) is 17.1. The summed E-state index contributed by atoms with van der Waals surface area (Å²) < 4.78 is 37.7. The maximum Gasteiger partial charge on any atom is 0.232 e. The number of methoxy groups -OCH3 is 1. The maximum absolute atomic E-state index is 9.67. The van der Waals surface area contributed by atoms with Crippen LogP contribution in [0.3, 0.4) is 0 Å². The van der Waals surface area contributed by atoms with Crippen LogP contribution in [0.15, 0.2) is 24.7 Å². The van der Waals surface area contributed by atoms with Crippen molar-refractivity contribution < 1.29 is 18.3 Å². The van der Waals surface area contributed by atoms with Gasteiger partial charge in [0.1, 0.15) is 12.4 Å². The number of halogens is 1. The first-order chi connectivity index (χ1) is 18.6. The van der Waals surface area contributed by atoms with Crippen LogP contribution in [0.4, 0.5) is 5.82 Å². The zero-order valence-corrected chi connectivity index (χ0v) is 21.3. The summed E-state index contributed by atoms with van der Waals surface area (Å²) in [6.07, 6.45) is 9.80. The molecular weight excluding hydrogens is 480 g/mol. The fourth-order valence-corrected chi connectivity index (χ4v) is 4.91. The molecule has 1 atom stereocenters. The lowest BCUT2D eigenvalue weighted by Crippen LogP contribution is -2.42. The van der Waals surface area contributed by atoms with E-state index in [1.165, 1.54) is 6.20 Å². The van der Waals surface area contributed by atoms with Crippen molar-refractivity contribution >= 4 is 17.4 Å². The van der Waals surface area contributed by atoms with Gasteiger partial charge < -0.3 is 24.8 Å². The maximum atomic E-state index is 9.67. The number of ether oxygens (including phenoxy) is 3. The van der Waals surface area contributed by atoms with Crippen LogP contribution < -0.4 is 15.4 Å². The van der Waals surface area contributed by atoms with Gasteiger partial charge in [0.25, 0.3) is 0 Å². The van der Waals surface area contributed by atoms with Crippen LogP contribution in [0.5, 0.6) is 5.88 Å². The lowest BCUT2D eigenvalue weighted by atomic mass is 9.83. The van der Waals surface area contributed by atoms with Crippen molar-refractivity contribution in [1.82, 2.24) is 20.3 Å². The van der Waals surface area contributed by atoms with Crippen molar-refractivity contribution in [2.24, 2.45) is 5.41 Å². The van der Waals surface area contributed by atoms with Crippen LogP contribution in [0, 0.1) is 16.7 Å². The molecule has 2 aromatic heterocycles. The predicted molar refractivity (Wildman–Crippen MR) is 138 cm³/mol. The van der Waals surface area contributed by atoms with E-state index in [1.807, 2.05) is 13.0 Å². The second kappa shape index (κ2) is 12.6. The zero-order chi connectivity index (χ0) is 27.9. The van der Waals surface area contributed by atoms with E-state index in [0.29, 0.717) is 60.1 Å². The molecule has 0 amide bonds. The number of nitrogens with one attached hydrogen (secondary N) is 2. The van der Waals surface area contributed by atoms with Crippen molar-refractivity contribution in [3.63, 3.8) is 0 Å². The summed E-state index contributed by atoms with van der Waals surface area (Å²) in [4.78, 5) is 13.3. The van der Waals surface area contributed by atoms with E-state index in [9.17, 15) is 5.26 Å². The summed E-state index contributed by atoms with van der Waals surface area (Å²) >= 11 is 6.48. The van der Waals surface area contributed by atoms with Crippen LogP contribution in [0.1, 0.15) is 49.6 Å². The Kier molecular flexibility index (Phi) is 7.96. The van der Waals surface area contributed by atoms with Crippen molar-refractivity contribution in [3.8, 4) is 23.2 Å². The summed E-state index contributed by atoms with van der Waals surface area (Å²) in [5.74, 6) is 1.03. The molecule has 1 aliphatic heterocycles. The fourth-order valence-electron chi connectivity index (χ4n) is 4.71. The van der Waals surface area contributed by atoms with Gasteiger partial charge in [-0.15, -0.1) is 0 Å². The molecule has 0 radical (unpaired) electrons. The lowest BCUT2D eigenvalue weighted by molar-refractivity contribution is 0.0182. The number of anilines is 1. The number of hydrogen-bond donors (Lipinski definition) is 2. The van der Waals surface area contributed by atoms with E-state index in [0.717, 1.165) is 25.7 Å². The molecule has 10 heteroatoms. The summed E-state index contributed by atoms with van der Waals surface area (Å²) in [7, 11) is -2.37. The molecule has 4 rings (SSSR count). The third-order valence-corrected chi connectivity index (χ3v) is 7.16. The molecular formula is C26H35ClN6O3. The number of rotatable bonds is 10. The number of pyridine rings is 1. The summed E-state index contributed by atoms with van der Waals surface area (Å²) in [6, 6.07) is 4.78. The van der Waals surface area contributed by atoms with Gasteiger partial charge in [0, 0.05) is 50.1 Å². The first-order valence-electron chi connectivity index (χ1n) is 13.9. The highest BCUT2D eigenvalue weighted by atomic mass is 35.5. The van der Waals surface area contributed by atoms with E-state index >= 15 is 0 Å². The van der Waals surface area contributed by atoms with Gasteiger partial charge in [-0.3, -0.25) is 4.98 Å². The Bertz CT molecular complexity index is 1130. The number of nitrogens with zero attached hydrogens (tertiary/aromatic N) is 4. The molecule has 1 saturated heterocycles. The topological polar surface area (TPSA) is 114 Å². The van der Waals surface area contributed by atoms with E-state index in [4.69, 9.17) is 29.9 Å². The highest BCUT2D eigenvalue weighted by Gasteiger charge is 2.34. The van der Waals surface area contributed by atoms with Crippen molar-refractivity contribution in [2.75, 3.05) is 38.8 Å². The van der Waals surface area contributed by atoms with Crippen molar-refractivity contribution in [3.05, 3.63) is 29.7 Å². The van der Waals surface area contributed by atoms with Crippen LogP contribution in [0.2, 0.25) is 5.02 Å². The van der Waals surface area contributed by atoms with Crippen LogP contribution in [0.25, 0.3) is 11.3 Å². The number of hydrogen-bond acceptors (Lipinski definition) is 9. The van der Waals surface area contributed by atoms with Crippen LogP contribution in [-0.2, 0) is 9.47 Å². The Morgan fingerprint density at radius 2 is 2.03 bits per heavy atom. The van der Waals surface area contributed by atoms with Crippen LogP contribution in [-0.4, -0.2) is 66.5 Å². The molecule has 1 aliphatic carbocycles. The van der Waals surface area contributed by atoms with Gasteiger partial charge in [0.15, 0.2) is 0 Å². The monoisotopic (exact) mass is 517 g/mol. The largest absolute Gasteiger partial charge is 0.475 e. The van der Waals surface area contributed by atoms with Gasteiger partial charge in [0.2, 0.25) is 5.88 Å². The summed E-state index contributed by atoms with van der Waals surface area (Å²) in [5.41, 5.74) is 0.660. The van der Waals surface area contributed by atoms with Crippen molar-refractivity contribution in [1.29, 1.82) is 5.26 Å². The standard InChI is InChI=1S/C26H35ClN6O3/c1-18(15-34-2)31-19-3-5-20(6-4-19)32-24-11-21(22(27)12-30-24)23-13-29-14-25(33-23)36-17-26(16-28)7-9-35-10-8-26/h11-14,18-20,31H,3-10,15,17H2,1-2H3,(H,30,32)/t18-,19-,20-/m1/s1/i2D3. The highest BCUT2D eigenvalue weighted by molar-refractivity contribution is 6.33. The minimum Gasteiger partial charge on any atom is -0.475 e. The molecule has 0 spiro atoms. The first kappa shape index (κ1) is 22.7. The minimum atomic E-state index is -2.37. The molecule has 0 aromatic carbocycles. The Balaban J connectivity index is 1.32. The molecule has 36 heavy (non-hydrogen) atoms. The number of nitriles is 1. The van der Waals surface area contributed by atoms with Crippen molar-refractivity contribution in [2.45, 2.75) is 63.6 Å². The van der Waals surface area contributed by atoms with E-state index in [1.54, 1.807) is 12.4 Å². The lowest BCUT2D eigenvalue weighted by Gasteiger charge is -2.32.